The second kappa shape index (κ2) is 10.2. The molecule has 0 bridgehead atoms. The van der Waals surface area contributed by atoms with E-state index in [9.17, 15) is 4.79 Å². The maximum absolute atomic E-state index is 11.9. The van der Waals surface area contributed by atoms with Gasteiger partial charge in [-0.15, -0.1) is 0 Å². The first-order chi connectivity index (χ1) is 10.6. The number of nitrogens with zero attached hydrogens (tertiary/aromatic N) is 1. The Hall–Kier alpha value is -1.55. The monoisotopic (exact) mass is 307 g/mol. The molecule has 0 spiro atoms. The van der Waals surface area contributed by atoms with Crippen LogP contribution >= 0.6 is 0 Å². The van der Waals surface area contributed by atoms with Crippen LogP contribution in [0.1, 0.15) is 33.6 Å². The summed E-state index contributed by atoms with van der Waals surface area (Å²) in [7, 11) is 1.40. The van der Waals surface area contributed by atoms with Gasteiger partial charge < -0.3 is 14.4 Å². The van der Waals surface area contributed by atoms with Crippen molar-refractivity contribution >= 4 is 5.97 Å². The summed E-state index contributed by atoms with van der Waals surface area (Å²) in [5.41, 5.74) is 0.515. The van der Waals surface area contributed by atoms with Gasteiger partial charge in [-0.2, -0.15) is 0 Å². The number of allylic oxidation sites excluding steroid dienone is 4. The zero-order valence-electron chi connectivity index (χ0n) is 14.3. The van der Waals surface area contributed by atoms with Crippen molar-refractivity contribution in [1.29, 1.82) is 0 Å². The Morgan fingerprint density at radius 1 is 1.32 bits per heavy atom. The molecule has 0 aromatic carbocycles. The number of ether oxygens (including phenoxy) is 2. The van der Waals surface area contributed by atoms with Crippen LogP contribution in [-0.2, 0) is 14.3 Å². The molecule has 0 radical (unpaired) electrons. The fraction of sp³-hybridized carbons (Fsp3) is 0.611. The Morgan fingerprint density at radius 3 is 2.73 bits per heavy atom. The molecule has 4 heteroatoms. The van der Waals surface area contributed by atoms with Crippen molar-refractivity contribution in [2.45, 2.75) is 33.6 Å². The zero-order chi connectivity index (χ0) is 16.4. The van der Waals surface area contributed by atoms with E-state index in [1.165, 1.54) is 7.11 Å². The third kappa shape index (κ3) is 6.06. The smallest absolute Gasteiger partial charge is 0.341 e. The highest BCUT2D eigenvalue weighted by Gasteiger charge is 2.18. The van der Waals surface area contributed by atoms with E-state index in [2.05, 4.69) is 18.7 Å². The summed E-state index contributed by atoms with van der Waals surface area (Å²) >= 11 is 0. The molecular formula is C18H29NO3. The van der Waals surface area contributed by atoms with Crippen LogP contribution in [0.2, 0.25) is 0 Å². The molecule has 0 amide bonds. The van der Waals surface area contributed by atoms with Crippen molar-refractivity contribution in [3.8, 4) is 0 Å². The van der Waals surface area contributed by atoms with Crippen molar-refractivity contribution < 1.29 is 14.3 Å². The molecule has 22 heavy (non-hydrogen) atoms. The molecule has 0 N–H and O–H groups in total. The number of methoxy groups -OCH3 is 1. The van der Waals surface area contributed by atoms with Crippen LogP contribution in [0, 0.1) is 5.92 Å². The van der Waals surface area contributed by atoms with Crippen LogP contribution in [0.15, 0.2) is 35.6 Å². The summed E-state index contributed by atoms with van der Waals surface area (Å²) < 4.78 is 10.7. The SMILES string of the molecule is CCCN(CC)CCCOC1=CC=CC(C)C=C1C(=O)OC. The van der Waals surface area contributed by atoms with E-state index >= 15 is 0 Å². The molecule has 124 valence electrons. The minimum Gasteiger partial charge on any atom is -0.493 e. The van der Waals surface area contributed by atoms with Crippen LogP contribution < -0.4 is 0 Å². The number of esters is 1. The topological polar surface area (TPSA) is 38.8 Å². The summed E-state index contributed by atoms with van der Waals surface area (Å²) in [4.78, 5) is 14.3. The Morgan fingerprint density at radius 2 is 2.09 bits per heavy atom. The molecule has 1 atom stereocenters. The normalized spacial score (nSPS) is 17.8. The van der Waals surface area contributed by atoms with Gasteiger partial charge in [0.15, 0.2) is 0 Å². The zero-order valence-corrected chi connectivity index (χ0v) is 14.3. The van der Waals surface area contributed by atoms with E-state index in [1.807, 2.05) is 31.2 Å². The number of rotatable bonds is 9. The Bertz CT molecular complexity index is 438. The fourth-order valence-electron chi connectivity index (χ4n) is 2.43. The number of carbonyl (C=O) groups is 1. The van der Waals surface area contributed by atoms with Crippen LogP contribution in [0.3, 0.4) is 0 Å². The van der Waals surface area contributed by atoms with E-state index in [0.29, 0.717) is 17.9 Å². The molecule has 1 aliphatic rings. The Kier molecular flexibility index (Phi) is 8.60. The Balaban J connectivity index is 2.55. The van der Waals surface area contributed by atoms with Gasteiger partial charge in [0.25, 0.3) is 0 Å². The summed E-state index contributed by atoms with van der Waals surface area (Å²) in [6, 6.07) is 0. The molecule has 1 unspecified atom stereocenters. The molecule has 1 rings (SSSR count). The van der Waals surface area contributed by atoms with Gasteiger partial charge in [-0.1, -0.05) is 39.0 Å². The summed E-state index contributed by atoms with van der Waals surface area (Å²) in [5.74, 6) is 0.445. The first-order valence-electron chi connectivity index (χ1n) is 8.16. The average Bonchev–Trinajstić information content (AvgIpc) is 2.71. The van der Waals surface area contributed by atoms with Gasteiger partial charge in [-0.25, -0.2) is 4.79 Å². The predicted molar refractivity (Wildman–Crippen MR) is 89.5 cm³/mol. The van der Waals surface area contributed by atoms with Crippen molar-refractivity contribution in [3.05, 3.63) is 35.6 Å². The quantitative estimate of drug-likeness (QED) is 0.484. The largest absolute Gasteiger partial charge is 0.493 e. The van der Waals surface area contributed by atoms with Gasteiger partial charge in [-0.05, 0) is 37.9 Å². The molecule has 0 heterocycles. The second-order valence-electron chi connectivity index (χ2n) is 5.48. The van der Waals surface area contributed by atoms with Crippen molar-refractivity contribution in [1.82, 2.24) is 4.90 Å². The number of hydrogen-bond donors (Lipinski definition) is 0. The van der Waals surface area contributed by atoms with Crippen LogP contribution in [0.5, 0.6) is 0 Å². The average molecular weight is 307 g/mol. The highest BCUT2D eigenvalue weighted by molar-refractivity contribution is 5.93. The third-order valence-electron chi connectivity index (χ3n) is 3.63. The van der Waals surface area contributed by atoms with E-state index in [-0.39, 0.29) is 11.9 Å². The second-order valence-corrected chi connectivity index (χ2v) is 5.48. The van der Waals surface area contributed by atoms with Gasteiger partial charge in [0.05, 0.1) is 19.3 Å². The number of carbonyl (C=O) groups excluding carboxylic acids is 1. The van der Waals surface area contributed by atoms with Crippen LogP contribution in [0.4, 0.5) is 0 Å². The van der Waals surface area contributed by atoms with E-state index < -0.39 is 0 Å². The molecule has 0 aromatic rings. The van der Waals surface area contributed by atoms with Crippen molar-refractivity contribution in [3.63, 3.8) is 0 Å². The molecule has 0 aromatic heterocycles. The maximum Gasteiger partial charge on any atom is 0.341 e. The van der Waals surface area contributed by atoms with Gasteiger partial charge in [0.2, 0.25) is 0 Å². The van der Waals surface area contributed by atoms with Crippen molar-refractivity contribution in [2.75, 3.05) is 33.4 Å². The van der Waals surface area contributed by atoms with Gasteiger partial charge in [0, 0.05) is 6.54 Å². The standard InChI is InChI=1S/C18H29NO3/c1-5-11-19(6-2)12-8-13-22-17-10-7-9-15(3)14-16(17)18(20)21-4/h7,9-10,14-15H,5-6,8,11-13H2,1-4H3. The number of hydrogen-bond acceptors (Lipinski definition) is 4. The van der Waals surface area contributed by atoms with E-state index in [1.54, 1.807) is 0 Å². The lowest BCUT2D eigenvalue weighted by molar-refractivity contribution is -0.136. The summed E-state index contributed by atoms with van der Waals surface area (Å²) in [6.45, 7) is 10.2. The van der Waals surface area contributed by atoms with E-state index in [4.69, 9.17) is 9.47 Å². The molecule has 0 aliphatic heterocycles. The predicted octanol–water partition coefficient (Wildman–Crippen LogP) is 3.31. The lowest BCUT2D eigenvalue weighted by atomic mass is 10.1. The lowest BCUT2D eigenvalue weighted by Gasteiger charge is -2.19. The molecule has 4 nitrogen and oxygen atoms in total. The van der Waals surface area contributed by atoms with Crippen LogP contribution in [-0.4, -0.2) is 44.2 Å². The van der Waals surface area contributed by atoms with Gasteiger partial charge in [0.1, 0.15) is 5.76 Å². The maximum atomic E-state index is 11.9. The molecule has 0 fully saturated rings. The molecule has 1 aliphatic carbocycles. The minimum atomic E-state index is -0.344. The summed E-state index contributed by atoms with van der Waals surface area (Å²) in [6.07, 6.45) is 9.80. The third-order valence-corrected chi connectivity index (χ3v) is 3.63. The van der Waals surface area contributed by atoms with E-state index in [0.717, 1.165) is 32.5 Å². The molecular weight excluding hydrogens is 278 g/mol. The summed E-state index contributed by atoms with van der Waals surface area (Å²) in [5, 5.41) is 0. The minimum absolute atomic E-state index is 0.187. The van der Waals surface area contributed by atoms with Gasteiger partial charge >= 0.3 is 5.97 Å². The molecule has 0 saturated heterocycles. The Labute approximate surface area is 134 Å². The highest BCUT2D eigenvalue weighted by Crippen LogP contribution is 2.20. The fourth-order valence-corrected chi connectivity index (χ4v) is 2.43. The van der Waals surface area contributed by atoms with Gasteiger partial charge in [-0.3, -0.25) is 0 Å². The van der Waals surface area contributed by atoms with Crippen molar-refractivity contribution in [2.24, 2.45) is 5.92 Å². The van der Waals surface area contributed by atoms with Crippen LogP contribution in [0.25, 0.3) is 0 Å². The lowest BCUT2D eigenvalue weighted by Crippen LogP contribution is -2.26. The molecule has 0 saturated carbocycles. The highest BCUT2D eigenvalue weighted by atomic mass is 16.5. The first kappa shape index (κ1) is 18.5. The first-order valence-corrected chi connectivity index (χ1v) is 8.16.